The molecule has 0 bridgehead atoms. The Bertz CT molecular complexity index is 202. The zero-order valence-electron chi connectivity index (χ0n) is 8.88. The summed E-state index contributed by atoms with van der Waals surface area (Å²) in [6, 6.07) is 0. The Labute approximate surface area is 89.6 Å². The fraction of sp³-hybridized carbons (Fsp3) is 0.900. The zero-order chi connectivity index (χ0) is 10.6. The first-order chi connectivity index (χ1) is 6.60. The number of carboxylic acids is 1. The second kappa shape index (κ2) is 5.03. The lowest BCUT2D eigenvalue weighted by atomic mass is 9.98. The summed E-state index contributed by atoms with van der Waals surface area (Å²) in [5, 5.41) is 12.4. The molecule has 0 aliphatic carbocycles. The number of carboxylic acid groups (broad SMARTS) is 1. The molecule has 1 rings (SSSR count). The third-order valence-corrected chi connectivity index (χ3v) is 4.11. The van der Waals surface area contributed by atoms with Crippen LogP contribution in [0.4, 0.5) is 0 Å². The zero-order valence-corrected chi connectivity index (χ0v) is 9.69. The molecule has 0 aromatic rings. The van der Waals surface area contributed by atoms with Crippen LogP contribution in [-0.2, 0) is 4.79 Å². The number of thioether (sulfide) groups is 1. The van der Waals surface area contributed by atoms with E-state index in [9.17, 15) is 9.90 Å². The van der Waals surface area contributed by atoms with Crippen molar-refractivity contribution in [1.29, 1.82) is 0 Å². The summed E-state index contributed by atoms with van der Waals surface area (Å²) < 4.78 is 0. The van der Waals surface area contributed by atoms with Crippen LogP contribution in [0, 0.1) is 5.92 Å². The SMILES string of the molecule is CCC(C)CNC1(C(=O)O)CCSC1. The molecule has 0 amide bonds. The predicted octanol–water partition coefficient (Wildman–Crippen LogP) is 1.58. The van der Waals surface area contributed by atoms with Crippen molar-refractivity contribution >= 4 is 17.7 Å². The minimum Gasteiger partial charge on any atom is -0.480 e. The van der Waals surface area contributed by atoms with Crippen molar-refractivity contribution in [3.8, 4) is 0 Å². The predicted molar refractivity (Wildman–Crippen MR) is 59.8 cm³/mol. The summed E-state index contributed by atoms with van der Waals surface area (Å²) in [6.45, 7) is 5.08. The smallest absolute Gasteiger partial charge is 0.324 e. The fourth-order valence-corrected chi connectivity index (χ4v) is 2.82. The van der Waals surface area contributed by atoms with E-state index in [4.69, 9.17) is 0 Å². The maximum atomic E-state index is 11.1. The van der Waals surface area contributed by atoms with E-state index in [-0.39, 0.29) is 0 Å². The lowest BCUT2D eigenvalue weighted by Crippen LogP contribution is -2.53. The van der Waals surface area contributed by atoms with Crippen molar-refractivity contribution in [2.75, 3.05) is 18.1 Å². The number of rotatable bonds is 5. The third-order valence-electron chi connectivity index (χ3n) is 2.92. The van der Waals surface area contributed by atoms with Crippen LogP contribution in [0.5, 0.6) is 0 Å². The summed E-state index contributed by atoms with van der Waals surface area (Å²) in [7, 11) is 0. The van der Waals surface area contributed by atoms with Gasteiger partial charge in [-0.3, -0.25) is 4.79 Å². The molecule has 1 aliphatic heterocycles. The molecule has 0 aromatic carbocycles. The van der Waals surface area contributed by atoms with Crippen LogP contribution in [-0.4, -0.2) is 34.7 Å². The molecule has 2 atom stereocenters. The summed E-state index contributed by atoms with van der Waals surface area (Å²) in [5.74, 6) is 1.53. The van der Waals surface area contributed by atoms with Gasteiger partial charge in [0.15, 0.2) is 0 Å². The van der Waals surface area contributed by atoms with E-state index < -0.39 is 11.5 Å². The van der Waals surface area contributed by atoms with Crippen LogP contribution < -0.4 is 5.32 Å². The Kier molecular flexibility index (Phi) is 4.26. The van der Waals surface area contributed by atoms with E-state index in [1.165, 1.54) is 0 Å². The fourth-order valence-electron chi connectivity index (χ4n) is 1.46. The molecule has 1 aliphatic rings. The van der Waals surface area contributed by atoms with Crippen molar-refractivity contribution in [3.63, 3.8) is 0 Å². The Hall–Kier alpha value is -0.220. The van der Waals surface area contributed by atoms with E-state index >= 15 is 0 Å². The molecule has 82 valence electrons. The molecule has 0 saturated carbocycles. The van der Waals surface area contributed by atoms with Gasteiger partial charge in [0, 0.05) is 5.75 Å². The Balaban J connectivity index is 2.48. The van der Waals surface area contributed by atoms with E-state index in [2.05, 4.69) is 19.2 Å². The van der Waals surface area contributed by atoms with Gasteiger partial charge in [0.2, 0.25) is 0 Å². The maximum absolute atomic E-state index is 11.1. The molecule has 0 aromatic heterocycles. The summed E-state index contributed by atoms with van der Waals surface area (Å²) in [5.41, 5.74) is -0.645. The van der Waals surface area contributed by atoms with Gasteiger partial charge in [0.25, 0.3) is 0 Å². The number of nitrogens with one attached hydrogen (secondary N) is 1. The monoisotopic (exact) mass is 217 g/mol. The molecule has 0 spiro atoms. The summed E-state index contributed by atoms with van der Waals surface area (Å²) in [6.07, 6.45) is 1.85. The van der Waals surface area contributed by atoms with Gasteiger partial charge in [0.05, 0.1) is 0 Å². The molecule has 2 N–H and O–H groups in total. The van der Waals surface area contributed by atoms with Crippen molar-refractivity contribution in [3.05, 3.63) is 0 Å². The summed E-state index contributed by atoms with van der Waals surface area (Å²) in [4.78, 5) is 11.1. The highest BCUT2D eigenvalue weighted by molar-refractivity contribution is 7.99. The minimum atomic E-state index is -0.689. The van der Waals surface area contributed by atoms with Crippen LogP contribution in [0.3, 0.4) is 0 Å². The largest absolute Gasteiger partial charge is 0.480 e. The van der Waals surface area contributed by atoms with E-state index in [0.717, 1.165) is 25.1 Å². The second-order valence-electron chi connectivity index (χ2n) is 4.08. The highest BCUT2D eigenvalue weighted by Gasteiger charge is 2.41. The van der Waals surface area contributed by atoms with Gasteiger partial charge in [-0.25, -0.2) is 0 Å². The molecule has 3 nitrogen and oxygen atoms in total. The molecule has 2 unspecified atom stereocenters. The van der Waals surface area contributed by atoms with E-state index in [1.807, 2.05) is 0 Å². The Morgan fingerprint density at radius 1 is 1.71 bits per heavy atom. The van der Waals surface area contributed by atoms with Crippen molar-refractivity contribution < 1.29 is 9.90 Å². The topological polar surface area (TPSA) is 49.3 Å². The van der Waals surface area contributed by atoms with Crippen LogP contribution in [0.2, 0.25) is 0 Å². The molecule has 1 saturated heterocycles. The Morgan fingerprint density at radius 2 is 2.43 bits per heavy atom. The van der Waals surface area contributed by atoms with Crippen LogP contribution in [0.25, 0.3) is 0 Å². The Morgan fingerprint density at radius 3 is 2.86 bits per heavy atom. The van der Waals surface area contributed by atoms with Gasteiger partial charge in [-0.1, -0.05) is 20.3 Å². The van der Waals surface area contributed by atoms with Crippen molar-refractivity contribution in [1.82, 2.24) is 5.32 Å². The number of carbonyl (C=O) groups is 1. The first-order valence-electron chi connectivity index (χ1n) is 5.17. The second-order valence-corrected chi connectivity index (χ2v) is 5.19. The van der Waals surface area contributed by atoms with Gasteiger partial charge in [-0.2, -0.15) is 11.8 Å². The molecule has 1 fully saturated rings. The van der Waals surface area contributed by atoms with Gasteiger partial charge >= 0.3 is 5.97 Å². The average molecular weight is 217 g/mol. The van der Waals surface area contributed by atoms with Crippen LogP contribution in [0.1, 0.15) is 26.7 Å². The van der Waals surface area contributed by atoms with Gasteiger partial charge in [0.1, 0.15) is 5.54 Å². The van der Waals surface area contributed by atoms with Crippen molar-refractivity contribution in [2.45, 2.75) is 32.2 Å². The molecule has 14 heavy (non-hydrogen) atoms. The molecule has 1 heterocycles. The molecular formula is C10H19NO2S. The lowest BCUT2D eigenvalue weighted by Gasteiger charge is -2.26. The minimum absolute atomic E-state index is 0.553. The molecule has 4 heteroatoms. The van der Waals surface area contributed by atoms with E-state index in [0.29, 0.717) is 11.7 Å². The molecular weight excluding hydrogens is 198 g/mol. The first-order valence-corrected chi connectivity index (χ1v) is 6.32. The summed E-state index contributed by atoms with van der Waals surface area (Å²) >= 11 is 1.73. The van der Waals surface area contributed by atoms with Crippen molar-refractivity contribution in [2.24, 2.45) is 5.92 Å². The normalized spacial score (nSPS) is 29.0. The maximum Gasteiger partial charge on any atom is 0.324 e. The number of hydrogen-bond acceptors (Lipinski definition) is 3. The van der Waals surface area contributed by atoms with Gasteiger partial charge in [-0.15, -0.1) is 0 Å². The van der Waals surface area contributed by atoms with Gasteiger partial charge < -0.3 is 10.4 Å². The van der Waals surface area contributed by atoms with Gasteiger partial charge in [-0.05, 0) is 24.6 Å². The first kappa shape index (κ1) is 11.9. The quantitative estimate of drug-likeness (QED) is 0.734. The highest BCUT2D eigenvalue weighted by atomic mass is 32.2. The van der Waals surface area contributed by atoms with Crippen LogP contribution >= 0.6 is 11.8 Å². The molecule has 0 radical (unpaired) electrons. The lowest BCUT2D eigenvalue weighted by molar-refractivity contribution is -0.143. The van der Waals surface area contributed by atoms with E-state index in [1.54, 1.807) is 11.8 Å². The van der Waals surface area contributed by atoms with Crippen LogP contribution in [0.15, 0.2) is 0 Å². The third kappa shape index (κ3) is 2.64. The number of hydrogen-bond donors (Lipinski definition) is 2. The highest BCUT2D eigenvalue weighted by Crippen LogP contribution is 2.28. The number of aliphatic carboxylic acids is 1. The average Bonchev–Trinajstić information content (AvgIpc) is 2.64. The standard InChI is InChI=1S/C10H19NO2S/c1-3-8(2)6-11-10(9(12)13)4-5-14-7-10/h8,11H,3-7H2,1-2H3,(H,12,13).